The number of anilines is 1. The second-order valence-electron chi connectivity index (χ2n) is 7.04. The molecule has 0 unspecified atom stereocenters. The maximum absolute atomic E-state index is 12.4. The minimum atomic E-state index is -0.522. The van der Waals surface area contributed by atoms with Crippen LogP contribution >= 0.6 is 0 Å². The molecule has 2 aliphatic rings. The Hall–Kier alpha value is -2.37. The van der Waals surface area contributed by atoms with E-state index in [9.17, 15) is 14.4 Å². The largest absolute Gasteiger partial charge is 0.455 e. The van der Waals surface area contributed by atoms with E-state index < -0.39 is 11.9 Å². The predicted octanol–water partition coefficient (Wildman–Crippen LogP) is 2.20. The van der Waals surface area contributed by atoms with Gasteiger partial charge >= 0.3 is 5.97 Å². The number of hydrogen-bond acceptors (Lipinski definition) is 4. The third-order valence-electron chi connectivity index (χ3n) is 5.19. The van der Waals surface area contributed by atoms with Gasteiger partial charge in [-0.15, -0.1) is 0 Å². The van der Waals surface area contributed by atoms with Crippen LogP contribution in [0.5, 0.6) is 0 Å². The first-order chi connectivity index (χ1) is 12.6. The highest BCUT2D eigenvalue weighted by Crippen LogP contribution is 2.29. The van der Waals surface area contributed by atoms with Crippen molar-refractivity contribution in [2.75, 3.05) is 18.1 Å². The fourth-order valence-corrected chi connectivity index (χ4v) is 3.77. The van der Waals surface area contributed by atoms with E-state index in [1.165, 1.54) is 0 Å². The molecule has 1 aliphatic heterocycles. The van der Waals surface area contributed by atoms with Crippen molar-refractivity contribution in [3.05, 3.63) is 29.8 Å². The molecule has 1 aromatic carbocycles. The van der Waals surface area contributed by atoms with E-state index in [-0.39, 0.29) is 30.9 Å². The highest BCUT2D eigenvalue weighted by molar-refractivity contribution is 6.00. The van der Waals surface area contributed by atoms with Gasteiger partial charge in [0, 0.05) is 24.7 Å². The van der Waals surface area contributed by atoms with Gasteiger partial charge in [-0.05, 0) is 30.9 Å². The number of amides is 2. The average Bonchev–Trinajstić information content (AvgIpc) is 3.29. The van der Waals surface area contributed by atoms with Gasteiger partial charge in [-0.3, -0.25) is 14.4 Å². The van der Waals surface area contributed by atoms with Crippen molar-refractivity contribution in [3.8, 4) is 0 Å². The molecule has 6 heteroatoms. The van der Waals surface area contributed by atoms with E-state index in [0.29, 0.717) is 6.54 Å². The number of carbonyl (C=O) groups excluding carboxylic acids is 3. The van der Waals surface area contributed by atoms with Crippen LogP contribution in [0.4, 0.5) is 5.69 Å². The Morgan fingerprint density at radius 2 is 1.96 bits per heavy atom. The van der Waals surface area contributed by atoms with Gasteiger partial charge in [-0.2, -0.15) is 0 Å². The maximum atomic E-state index is 12.4. The molecule has 2 fully saturated rings. The average molecular weight is 358 g/mol. The second-order valence-corrected chi connectivity index (χ2v) is 7.04. The van der Waals surface area contributed by atoms with Crippen molar-refractivity contribution in [2.24, 2.45) is 5.92 Å². The number of esters is 1. The van der Waals surface area contributed by atoms with E-state index in [1.54, 1.807) is 4.90 Å². The molecule has 1 atom stereocenters. The fourth-order valence-electron chi connectivity index (χ4n) is 3.77. The number of aryl methyl sites for hydroxylation is 1. The molecule has 1 saturated heterocycles. The monoisotopic (exact) mass is 358 g/mol. The highest BCUT2D eigenvalue weighted by atomic mass is 16.5. The van der Waals surface area contributed by atoms with Crippen molar-refractivity contribution in [1.29, 1.82) is 0 Å². The lowest BCUT2D eigenvalue weighted by molar-refractivity contribution is -0.152. The van der Waals surface area contributed by atoms with Crippen LogP contribution in [-0.2, 0) is 25.5 Å². The minimum Gasteiger partial charge on any atom is -0.455 e. The molecule has 1 aliphatic carbocycles. The molecule has 0 radical (unpaired) electrons. The van der Waals surface area contributed by atoms with Crippen LogP contribution in [0.15, 0.2) is 24.3 Å². The van der Waals surface area contributed by atoms with Crippen LogP contribution < -0.4 is 10.2 Å². The first-order valence-corrected chi connectivity index (χ1v) is 9.42. The molecule has 0 bridgehead atoms. The molecule has 1 heterocycles. The Morgan fingerprint density at radius 3 is 2.69 bits per heavy atom. The molecule has 0 spiro atoms. The zero-order valence-corrected chi connectivity index (χ0v) is 15.2. The van der Waals surface area contributed by atoms with Gasteiger partial charge in [0.15, 0.2) is 6.61 Å². The summed E-state index contributed by atoms with van der Waals surface area (Å²) in [6.07, 6.45) is 5.18. The summed E-state index contributed by atoms with van der Waals surface area (Å²) in [4.78, 5) is 38.2. The molecule has 1 aromatic rings. The molecule has 6 nitrogen and oxygen atoms in total. The van der Waals surface area contributed by atoms with E-state index in [2.05, 4.69) is 5.32 Å². The Balaban J connectivity index is 1.52. The van der Waals surface area contributed by atoms with Crippen LogP contribution in [0, 0.1) is 5.92 Å². The van der Waals surface area contributed by atoms with Crippen molar-refractivity contribution in [1.82, 2.24) is 5.32 Å². The fraction of sp³-hybridized carbons (Fsp3) is 0.550. The number of rotatable bonds is 6. The predicted molar refractivity (Wildman–Crippen MR) is 97.6 cm³/mol. The van der Waals surface area contributed by atoms with Gasteiger partial charge in [-0.25, -0.2) is 0 Å². The first kappa shape index (κ1) is 18.4. The smallest absolute Gasteiger partial charge is 0.311 e. The highest BCUT2D eigenvalue weighted by Gasteiger charge is 2.37. The summed E-state index contributed by atoms with van der Waals surface area (Å²) in [5.41, 5.74) is 1.93. The van der Waals surface area contributed by atoms with Crippen LogP contribution in [0.2, 0.25) is 0 Å². The molecular formula is C20H26N2O4. The molecule has 140 valence electrons. The van der Waals surface area contributed by atoms with Gasteiger partial charge in [0.2, 0.25) is 5.91 Å². The van der Waals surface area contributed by atoms with E-state index >= 15 is 0 Å². The lowest BCUT2D eigenvalue weighted by Gasteiger charge is -2.19. The SMILES string of the molecule is CCc1ccccc1N1C[C@@H](C(=O)OCC(=O)NC2CCCC2)CC1=O. The number of benzene rings is 1. The third kappa shape index (κ3) is 4.23. The zero-order valence-electron chi connectivity index (χ0n) is 15.2. The third-order valence-corrected chi connectivity index (χ3v) is 5.19. The summed E-state index contributed by atoms with van der Waals surface area (Å²) in [6, 6.07) is 7.93. The second kappa shape index (κ2) is 8.34. The van der Waals surface area contributed by atoms with Crippen LogP contribution in [0.3, 0.4) is 0 Å². The molecule has 26 heavy (non-hydrogen) atoms. The summed E-state index contributed by atoms with van der Waals surface area (Å²) < 4.78 is 5.16. The van der Waals surface area contributed by atoms with Crippen molar-refractivity contribution >= 4 is 23.5 Å². The molecule has 3 rings (SSSR count). The Kier molecular flexibility index (Phi) is 5.91. The van der Waals surface area contributed by atoms with E-state index in [4.69, 9.17) is 4.74 Å². The van der Waals surface area contributed by atoms with Gasteiger partial charge < -0.3 is 15.0 Å². The molecule has 1 N–H and O–H groups in total. The minimum absolute atomic E-state index is 0.0803. The summed E-state index contributed by atoms with van der Waals surface area (Å²) in [6.45, 7) is 2.07. The Labute approximate surface area is 153 Å². The standard InChI is InChI=1S/C20H26N2O4/c1-2-14-7-3-6-10-17(14)22-12-15(11-19(22)24)20(25)26-13-18(23)21-16-8-4-5-9-16/h3,6-7,10,15-16H,2,4-5,8-9,11-13H2,1H3,(H,21,23)/t15-/m0/s1. The van der Waals surface area contributed by atoms with Gasteiger partial charge in [-0.1, -0.05) is 38.0 Å². The maximum Gasteiger partial charge on any atom is 0.311 e. The molecular weight excluding hydrogens is 332 g/mol. The van der Waals surface area contributed by atoms with Gasteiger partial charge in [0.25, 0.3) is 5.91 Å². The van der Waals surface area contributed by atoms with Crippen LogP contribution in [-0.4, -0.2) is 37.0 Å². The number of nitrogens with zero attached hydrogens (tertiary/aromatic N) is 1. The van der Waals surface area contributed by atoms with Gasteiger partial charge in [0.05, 0.1) is 5.92 Å². The summed E-state index contributed by atoms with van der Waals surface area (Å²) in [5, 5.41) is 2.89. The summed E-state index contributed by atoms with van der Waals surface area (Å²) in [5.74, 6) is -1.34. The normalized spacial score (nSPS) is 20.4. The Morgan fingerprint density at radius 1 is 1.23 bits per heavy atom. The molecule has 1 saturated carbocycles. The molecule has 2 amide bonds. The number of ether oxygens (including phenoxy) is 1. The first-order valence-electron chi connectivity index (χ1n) is 9.42. The Bertz CT molecular complexity index is 682. The quantitative estimate of drug-likeness (QED) is 0.791. The number of carbonyl (C=O) groups is 3. The number of para-hydroxylation sites is 1. The van der Waals surface area contributed by atoms with Crippen LogP contribution in [0.1, 0.15) is 44.6 Å². The number of hydrogen-bond donors (Lipinski definition) is 1. The van der Waals surface area contributed by atoms with Crippen molar-refractivity contribution in [2.45, 2.75) is 51.5 Å². The van der Waals surface area contributed by atoms with Crippen molar-refractivity contribution < 1.29 is 19.1 Å². The lowest BCUT2D eigenvalue weighted by atomic mass is 10.1. The topological polar surface area (TPSA) is 75.7 Å². The lowest BCUT2D eigenvalue weighted by Crippen LogP contribution is -2.36. The van der Waals surface area contributed by atoms with Crippen LogP contribution in [0.25, 0.3) is 0 Å². The summed E-state index contributed by atoms with van der Waals surface area (Å²) >= 11 is 0. The van der Waals surface area contributed by atoms with Gasteiger partial charge in [0.1, 0.15) is 0 Å². The molecule has 0 aromatic heterocycles. The number of nitrogens with one attached hydrogen (secondary N) is 1. The van der Waals surface area contributed by atoms with E-state index in [1.807, 2.05) is 31.2 Å². The van der Waals surface area contributed by atoms with Crippen molar-refractivity contribution in [3.63, 3.8) is 0 Å². The summed E-state index contributed by atoms with van der Waals surface area (Å²) in [7, 11) is 0. The van der Waals surface area contributed by atoms with E-state index in [0.717, 1.165) is 43.4 Å². The zero-order chi connectivity index (χ0) is 18.5.